The average Bonchev–Trinajstić information content (AvgIpc) is 3.22. The van der Waals surface area contributed by atoms with Gasteiger partial charge in [0.25, 0.3) is 12.4 Å². The fourth-order valence-corrected chi connectivity index (χ4v) is 5.50. The first kappa shape index (κ1) is 21.2. The summed E-state index contributed by atoms with van der Waals surface area (Å²) in [4.78, 5) is 37.6. The predicted molar refractivity (Wildman–Crippen MR) is 115 cm³/mol. The molecule has 7 nitrogen and oxygen atoms in total. The Morgan fingerprint density at radius 1 is 1.19 bits per heavy atom. The molecule has 4 unspecified atom stereocenters. The first-order valence-corrected chi connectivity index (χ1v) is 11.0. The monoisotopic (exact) mass is 440 g/mol. The van der Waals surface area contributed by atoms with E-state index in [1.54, 1.807) is 23.9 Å². The van der Waals surface area contributed by atoms with Crippen molar-refractivity contribution in [3.8, 4) is 11.5 Å². The molecule has 5 rings (SSSR count). The van der Waals surface area contributed by atoms with E-state index in [0.29, 0.717) is 29.2 Å². The van der Waals surface area contributed by atoms with E-state index in [4.69, 9.17) is 14.6 Å². The molecule has 0 bridgehead atoms. The maximum Gasteiger partial charge on any atom is 0.290 e. The zero-order valence-electron chi connectivity index (χ0n) is 17.3. The van der Waals surface area contributed by atoms with Crippen molar-refractivity contribution in [1.29, 1.82) is 0 Å². The zero-order chi connectivity index (χ0) is 22.1. The van der Waals surface area contributed by atoms with Gasteiger partial charge in [-0.3, -0.25) is 14.4 Å². The van der Waals surface area contributed by atoms with Gasteiger partial charge in [-0.2, -0.15) is 0 Å². The first-order chi connectivity index (χ1) is 14.9. The number of likely N-dealkylation sites (tertiary alicyclic amines) is 1. The number of fused-ring (bicyclic) bond motifs is 3. The Balaban J connectivity index is 0.000000730. The Bertz CT molecular complexity index is 1030. The van der Waals surface area contributed by atoms with Crippen LogP contribution < -0.4 is 10.1 Å². The van der Waals surface area contributed by atoms with Crippen LogP contribution in [0.15, 0.2) is 52.3 Å². The molecule has 1 aliphatic carbocycles. The molecule has 2 aromatic carbocycles. The van der Waals surface area contributed by atoms with Crippen LogP contribution in [0.5, 0.6) is 11.5 Å². The van der Waals surface area contributed by atoms with Crippen LogP contribution in [0.3, 0.4) is 0 Å². The summed E-state index contributed by atoms with van der Waals surface area (Å²) in [6.07, 6.45) is 1.08. The fraction of sp³-hybridized carbons (Fsp3) is 0.348. The lowest BCUT2D eigenvalue weighted by Gasteiger charge is -2.26. The van der Waals surface area contributed by atoms with Crippen LogP contribution in [-0.4, -0.2) is 46.9 Å². The highest BCUT2D eigenvalue weighted by Crippen LogP contribution is 2.52. The summed E-state index contributed by atoms with van der Waals surface area (Å²) in [7, 11) is 0. The molecule has 1 saturated heterocycles. The fourth-order valence-electron chi connectivity index (χ4n) is 4.57. The van der Waals surface area contributed by atoms with Crippen molar-refractivity contribution in [2.45, 2.75) is 42.1 Å². The number of rotatable bonds is 3. The average molecular weight is 441 g/mol. The second kappa shape index (κ2) is 8.63. The summed E-state index contributed by atoms with van der Waals surface area (Å²) in [6.45, 7) is 4.08. The van der Waals surface area contributed by atoms with Crippen LogP contribution in [0.1, 0.15) is 30.6 Å². The van der Waals surface area contributed by atoms with Crippen LogP contribution in [0, 0.1) is 11.8 Å². The minimum Gasteiger partial charge on any atom is -0.483 e. The number of nitrogens with zero attached hydrogens (tertiary/aromatic N) is 1. The van der Waals surface area contributed by atoms with Crippen LogP contribution in [-0.2, 0) is 9.59 Å². The van der Waals surface area contributed by atoms with Crippen molar-refractivity contribution in [3.05, 3.63) is 48.0 Å². The summed E-state index contributed by atoms with van der Waals surface area (Å²) in [5, 5.41) is 9.67. The number of nitrogens with one attached hydrogen (secondary N) is 1. The normalized spacial score (nSPS) is 24.4. The summed E-state index contributed by atoms with van der Waals surface area (Å²) >= 11 is 1.63. The lowest BCUT2D eigenvalue weighted by atomic mass is 10.1. The Kier molecular flexibility index (Phi) is 5.91. The second-order valence-electron chi connectivity index (χ2n) is 8.00. The van der Waals surface area contributed by atoms with Crippen molar-refractivity contribution in [3.63, 3.8) is 0 Å². The van der Waals surface area contributed by atoms with Gasteiger partial charge in [-0.25, -0.2) is 0 Å². The zero-order valence-corrected chi connectivity index (χ0v) is 18.1. The topological polar surface area (TPSA) is 95.9 Å². The van der Waals surface area contributed by atoms with Gasteiger partial charge in [0.15, 0.2) is 0 Å². The summed E-state index contributed by atoms with van der Waals surface area (Å²) in [5.74, 6) is 2.46. The van der Waals surface area contributed by atoms with Gasteiger partial charge in [0.2, 0.25) is 5.91 Å². The van der Waals surface area contributed by atoms with Crippen molar-refractivity contribution >= 4 is 30.0 Å². The molecule has 0 spiro atoms. The highest BCUT2D eigenvalue weighted by atomic mass is 32.2. The van der Waals surface area contributed by atoms with Gasteiger partial charge in [0.1, 0.15) is 11.5 Å². The third-order valence-corrected chi connectivity index (χ3v) is 7.22. The molecule has 162 valence electrons. The third kappa shape index (κ3) is 4.12. The van der Waals surface area contributed by atoms with E-state index in [9.17, 15) is 9.59 Å². The van der Waals surface area contributed by atoms with Crippen molar-refractivity contribution < 1.29 is 24.2 Å². The maximum atomic E-state index is 12.6. The number of carbonyl (C=O) groups excluding carboxylic acids is 2. The van der Waals surface area contributed by atoms with Gasteiger partial charge >= 0.3 is 0 Å². The molecule has 1 saturated carbocycles. The van der Waals surface area contributed by atoms with Gasteiger partial charge < -0.3 is 20.1 Å². The summed E-state index contributed by atoms with van der Waals surface area (Å²) in [5.41, 5.74) is 0.499. The van der Waals surface area contributed by atoms with Gasteiger partial charge in [-0.05, 0) is 55.5 Å². The van der Waals surface area contributed by atoms with E-state index in [2.05, 4.69) is 19.2 Å². The van der Waals surface area contributed by atoms with Crippen molar-refractivity contribution in [1.82, 2.24) is 10.2 Å². The van der Waals surface area contributed by atoms with E-state index in [1.165, 1.54) is 0 Å². The molecule has 3 aliphatic rings. The summed E-state index contributed by atoms with van der Waals surface area (Å²) in [6, 6.07) is 13.9. The molecule has 2 N–H and O–H groups in total. The SMILES string of the molecule is CC1C2CC(C)N(C(=O)CNC(=O)c3ccc4c(c3)Oc3ccccc3S4)C12.O=CO. The highest BCUT2D eigenvalue weighted by molar-refractivity contribution is 7.99. The molecule has 2 aliphatic heterocycles. The second-order valence-corrected chi connectivity index (χ2v) is 9.08. The molecule has 2 fully saturated rings. The lowest BCUT2D eigenvalue weighted by Crippen LogP contribution is -2.44. The molecule has 2 heterocycles. The molecule has 0 radical (unpaired) electrons. The van der Waals surface area contributed by atoms with Gasteiger partial charge in [0.05, 0.1) is 16.3 Å². The van der Waals surface area contributed by atoms with Gasteiger partial charge in [-0.1, -0.05) is 30.8 Å². The van der Waals surface area contributed by atoms with Crippen LogP contribution in [0.2, 0.25) is 0 Å². The third-order valence-electron chi connectivity index (χ3n) is 6.10. The Morgan fingerprint density at radius 3 is 2.65 bits per heavy atom. The quantitative estimate of drug-likeness (QED) is 0.604. The molecule has 31 heavy (non-hydrogen) atoms. The lowest BCUT2D eigenvalue weighted by molar-refractivity contribution is -0.132. The molecule has 4 atom stereocenters. The highest BCUT2D eigenvalue weighted by Gasteiger charge is 2.58. The number of amides is 2. The number of ether oxygens (including phenoxy) is 1. The number of carboxylic acid groups (broad SMARTS) is 1. The minimum atomic E-state index is -0.254. The molecule has 2 amide bonds. The standard InChI is InChI=1S/C22H22N2O3S.CH2O2/c1-12-9-15-13(2)21(15)24(12)20(25)11-23-22(26)14-7-8-19-17(10-14)27-16-5-3-4-6-18(16)28-19;2-1-3/h3-8,10,12-13,15,21H,9,11H2,1-2H3,(H,23,26);1H,(H,2,3). The van der Waals surface area contributed by atoms with E-state index in [-0.39, 0.29) is 30.9 Å². The smallest absolute Gasteiger partial charge is 0.290 e. The number of piperidine rings is 1. The predicted octanol–water partition coefficient (Wildman–Crippen LogP) is 3.63. The number of carbonyl (C=O) groups is 3. The van der Waals surface area contributed by atoms with E-state index in [1.807, 2.05) is 35.2 Å². The molecule has 8 heteroatoms. The van der Waals surface area contributed by atoms with Gasteiger partial charge in [0, 0.05) is 17.6 Å². The minimum absolute atomic E-state index is 0.0105. The Labute approximate surface area is 184 Å². The number of hydrogen-bond acceptors (Lipinski definition) is 5. The number of benzene rings is 2. The molecular formula is C23H24N2O5S. The van der Waals surface area contributed by atoms with Crippen LogP contribution in [0.25, 0.3) is 0 Å². The molecule has 2 aromatic rings. The van der Waals surface area contributed by atoms with E-state index >= 15 is 0 Å². The van der Waals surface area contributed by atoms with Gasteiger partial charge in [-0.15, -0.1) is 0 Å². The van der Waals surface area contributed by atoms with Crippen molar-refractivity contribution in [2.75, 3.05) is 6.54 Å². The largest absolute Gasteiger partial charge is 0.483 e. The Hall–Kier alpha value is -3.00. The Morgan fingerprint density at radius 2 is 1.90 bits per heavy atom. The van der Waals surface area contributed by atoms with E-state index in [0.717, 1.165) is 22.0 Å². The first-order valence-electron chi connectivity index (χ1n) is 10.2. The van der Waals surface area contributed by atoms with Crippen molar-refractivity contribution in [2.24, 2.45) is 11.8 Å². The van der Waals surface area contributed by atoms with E-state index < -0.39 is 0 Å². The maximum absolute atomic E-state index is 12.6. The van der Waals surface area contributed by atoms with Crippen LogP contribution >= 0.6 is 11.8 Å². The number of para-hydroxylation sites is 1. The number of hydrogen-bond donors (Lipinski definition) is 2. The molecular weight excluding hydrogens is 416 g/mol. The summed E-state index contributed by atoms with van der Waals surface area (Å²) < 4.78 is 5.94. The van der Waals surface area contributed by atoms with Crippen LogP contribution in [0.4, 0.5) is 0 Å². The molecule has 0 aromatic heterocycles.